The first-order valence-electron chi connectivity index (χ1n) is 9.79. The summed E-state index contributed by atoms with van der Waals surface area (Å²) in [7, 11) is -3.97. The van der Waals surface area contributed by atoms with Crippen molar-refractivity contribution in [3.05, 3.63) is 12.3 Å². The number of ether oxygens (including phenoxy) is 2. The highest BCUT2D eigenvalue weighted by Gasteiger charge is 2.45. The molecule has 27 heavy (non-hydrogen) atoms. The van der Waals surface area contributed by atoms with Crippen LogP contribution in [0.4, 0.5) is 0 Å². The molecule has 0 aromatic rings. The van der Waals surface area contributed by atoms with E-state index in [0.29, 0.717) is 6.61 Å². The zero-order chi connectivity index (χ0) is 21.3. The predicted octanol–water partition coefficient (Wildman–Crippen LogP) is 5.24. The van der Waals surface area contributed by atoms with E-state index in [1.54, 1.807) is 6.26 Å². The monoisotopic (exact) mass is 416 g/mol. The molecule has 0 fully saturated rings. The Balaban J connectivity index is 2.99. The lowest BCUT2D eigenvalue weighted by atomic mass is 10.1. The molecule has 158 valence electrons. The summed E-state index contributed by atoms with van der Waals surface area (Å²) in [5.74, 6) is -0.333. The molecule has 0 amide bonds. The topological polar surface area (TPSA) is 54.0 Å². The molecule has 1 rings (SSSR count). The van der Waals surface area contributed by atoms with Gasteiger partial charge >= 0.3 is 5.97 Å². The lowest BCUT2D eigenvalue weighted by Gasteiger charge is -2.43. The van der Waals surface area contributed by atoms with Gasteiger partial charge in [-0.25, -0.2) is 0 Å². The van der Waals surface area contributed by atoms with E-state index in [1.165, 1.54) is 6.92 Å². The van der Waals surface area contributed by atoms with E-state index < -0.39 is 22.7 Å². The molecule has 0 aromatic heterocycles. The van der Waals surface area contributed by atoms with Gasteiger partial charge in [0, 0.05) is 6.92 Å². The SMILES string of the molecule is CC(=O)O[C@H]1[C@@H](O[Si](C)(C)C(C)(C)C)C=CO[C@@H]1CO[Si](C)(C)C(C)(C)C. The van der Waals surface area contributed by atoms with Gasteiger partial charge in [-0.3, -0.25) is 4.79 Å². The van der Waals surface area contributed by atoms with Gasteiger partial charge in [-0.15, -0.1) is 0 Å². The van der Waals surface area contributed by atoms with Crippen molar-refractivity contribution in [2.24, 2.45) is 0 Å². The molecule has 3 atom stereocenters. The van der Waals surface area contributed by atoms with Crippen molar-refractivity contribution < 1.29 is 23.1 Å². The fourth-order valence-electron chi connectivity index (χ4n) is 2.22. The summed E-state index contributed by atoms with van der Waals surface area (Å²) in [6.07, 6.45) is 2.32. The van der Waals surface area contributed by atoms with E-state index in [1.807, 2.05) is 6.08 Å². The Labute approximate surface area is 168 Å². The van der Waals surface area contributed by atoms with Crippen LogP contribution in [0.25, 0.3) is 0 Å². The first-order valence-corrected chi connectivity index (χ1v) is 15.6. The minimum absolute atomic E-state index is 0.0626. The molecular weight excluding hydrogens is 376 g/mol. The van der Waals surface area contributed by atoms with Gasteiger partial charge in [-0.05, 0) is 42.3 Å². The van der Waals surface area contributed by atoms with Crippen LogP contribution in [0.15, 0.2) is 12.3 Å². The number of carbonyl (C=O) groups excluding carboxylic acids is 1. The van der Waals surface area contributed by atoms with Crippen molar-refractivity contribution in [3.8, 4) is 0 Å². The molecule has 0 saturated heterocycles. The minimum atomic E-state index is -2.03. The quantitative estimate of drug-likeness (QED) is 0.437. The molecule has 0 N–H and O–H groups in total. The van der Waals surface area contributed by atoms with Gasteiger partial charge < -0.3 is 18.3 Å². The van der Waals surface area contributed by atoms with Crippen LogP contribution in [-0.2, 0) is 23.1 Å². The molecule has 0 unspecified atom stereocenters. The van der Waals surface area contributed by atoms with Crippen LogP contribution in [-0.4, -0.2) is 47.5 Å². The number of carbonyl (C=O) groups is 1. The van der Waals surface area contributed by atoms with Gasteiger partial charge in [-0.2, -0.15) is 0 Å². The summed E-state index contributed by atoms with van der Waals surface area (Å²) < 4.78 is 24.3. The van der Waals surface area contributed by atoms with Gasteiger partial charge in [-0.1, -0.05) is 41.5 Å². The molecule has 0 aromatic carbocycles. The Morgan fingerprint density at radius 1 is 1.00 bits per heavy atom. The fraction of sp³-hybridized carbons (Fsp3) is 0.850. The van der Waals surface area contributed by atoms with E-state index in [4.69, 9.17) is 18.3 Å². The Morgan fingerprint density at radius 3 is 1.96 bits per heavy atom. The van der Waals surface area contributed by atoms with E-state index >= 15 is 0 Å². The maximum absolute atomic E-state index is 11.7. The lowest BCUT2D eigenvalue weighted by molar-refractivity contribution is -0.163. The number of hydrogen-bond acceptors (Lipinski definition) is 5. The first-order chi connectivity index (χ1) is 12.0. The van der Waals surface area contributed by atoms with Crippen molar-refractivity contribution in [1.29, 1.82) is 0 Å². The van der Waals surface area contributed by atoms with E-state index in [9.17, 15) is 4.79 Å². The van der Waals surface area contributed by atoms with Gasteiger partial charge in [0.2, 0.25) is 0 Å². The average molecular weight is 417 g/mol. The molecular formula is C20H40O5Si2. The van der Waals surface area contributed by atoms with Crippen molar-refractivity contribution >= 4 is 22.6 Å². The van der Waals surface area contributed by atoms with Crippen LogP contribution < -0.4 is 0 Å². The fourth-order valence-corrected chi connectivity index (χ4v) is 4.48. The Bertz CT molecular complexity index is 544. The summed E-state index contributed by atoms with van der Waals surface area (Å²) in [4.78, 5) is 11.7. The highest BCUT2D eigenvalue weighted by atomic mass is 28.4. The Hall–Kier alpha value is -0.636. The van der Waals surface area contributed by atoms with Crippen molar-refractivity contribution in [3.63, 3.8) is 0 Å². The normalized spacial score (nSPS) is 24.5. The third kappa shape index (κ3) is 6.44. The maximum atomic E-state index is 11.7. The second kappa shape index (κ2) is 8.39. The van der Waals surface area contributed by atoms with Gasteiger partial charge in [0.1, 0.15) is 6.10 Å². The van der Waals surface area contributed by atoms with Crippen LogP contribution in [0.3, 0.4) is 0 Å². The van der Waals surface area contributed by atoms with Gasteiger partial charge in [0.05, 0.1) is 12.9 Å². The minimum Gasteiger partial charge on any atom is -0.492 e. The van der Waals surface area contributed by atoms with Crippen molar-refractivity contribution in [2.75, 3.05) is 6.61 Å². The highest BCUT2D eigenvalue weighted by Crippen LogP contribution is 2.39. The summed E-state index contributed by atoms with van der Waals surface area (Å²) >= 11 is 0. The number of hydrogen-bond donors (Lipinski definition) is 0. The zero-order valence-electron chi connectivity index (χ0n) is 19.1. The summed E-state index contributed by atoms with van der Waals surface area (Å²) in [6, 6.07) is 0. The molecule has 1 aliphatic rings. The number of rotatable bonds is 6. The molecule has 0 bridgehead atoms. The smallest absolute Gasteiger partial charge is 0.303 e. The summed E-state index contributed by atoms with van der Waals surface area (Å²) in [5, 5.41) is 0.165. The molecule has 0 spiro atoms. The molecule has 0 saturated carbocycles. The molecule has 0 radical (unpaired) electrons. The zero-order valence-corrected chi connectivity index (χ0v) is 21.1. The summed E-state index contributed by atoms with van der Waals surface area (Å²) in [5.41, 5.74) is 0. The predicted molar refractivity (Wildman–Crippen MR) is 115 cm³/mol. The van der Waals surface area contributed by atoms with Crippen LogP contribution in [0.5, 0.6) is 0 Å². The second-order valence-electron chi connectivity index (χ2n) is 10.5. The van der Waals surface area contributed by atoms with Crippen molar-refractivity contribution in [1.82, 2.24) is 0 Å². The standard InChI is InChI=1S/C20H40O5Si2/c1-15(21)24-18-16(25-27(10,11)20(5,6)7)12-13-22-17(18)14-23-26(8,9)19(2,3)4/h12-13,16-18H,14H2,1-11H3/t16-,17+,18-/m0/s1. The lowest BCUT2D eigenvalue weighted by Crippen LogP contribution is -2.54. The third-order valence-corrected chi connectivity index (χ3v) is 15.1. The van der Waals surface area contributed by atoms with Gasteiger partial charge in [0.25, 0.3) is 0 Å². The van der Waals surface area contributed by atoms with Crippen LogP contribution >= 0.6 is 0 Å². The second-order valence-corrected chi connectivity index (χ2v) is 20.1. The highest BCUT2D eigenvalue weighted by molar-refractivity contribution is 6.74. The van der Waals surface area contributed by atoms with E-state index in [2.05, 4.69) is 67.7 Å². The summed E-state index contributed by atoms with van der Waals surface area (Å²) in [6.45, 7) is 23.8. The molecule has 1 heterocycles. The van der Waals surface area contributed by atoms with Crippen LogP contribution in [0, 0.1) is 0 Å². The van der Waals surface area contributed by atoms with E-state index in [0.717, 1.165) is 0 Å². The van der Waals surface area contributed by atoms with Gasteiger partial charge in [0.15, 0.2) is 28.8 Å². The Kier molecular flexibility index (Phi) is 7.58. The maximum Gasteiger partial charge on any atom is 0.303 e. The van der Waals surface area contributed by atoms with Crippen LogP contribution in [0.1, 0.15) is 48.5 Å². The molecule has 0 aliphatic carbocycles. The first kappa shape index (κ1) is 24.4. The molecule has 7 heteroatoms. The largest absolute Gasteiger partial charge is 0.492 e. The van der Waals surface area contributed by atoms with E-state index in [-0.39, 0.29) is 28.3 Å². The Morgan fingerprint density at radius 2 is 1.52 bits per heavy atom. The molecule has 5 nitrogen and oxygen atoms in total. The third-order valence-electron chi connectivity index (χ3n) is 6.17. The molecule has 1 aliphatic heterocycles. The van der Waals surface area contributed by atoms with Crippen LogP contribution in [0.2, 0.25) is 36.3 Å². The number of esters is 1. The average Bonchev–Trinajstić information content (AvgIpc) is 2.44. The van der Waals surface area contributed by atoms with Crippen molar-refractivity contribution in [2.45, 2.75) is 103 Å².